The van der Waals surface area contributed by atoms with Crippen molar-refractivity contribution in [1.82, 2.24) is 0 Å². The molecule has 0 saturated carbocycles. The Hall–Kier alpha value is -0.700. The van der Waals surface area contributed by atoms with Crippen molar-refractivity contribution in [2.75, 3.05) is 0 Å². The number of rotatable bonds is 5. The summed E-state index contributed by atoms with van der Waals surface area (Å²) in [6, 6.07) is 0. The Balaban J connectivity index is 3.75. The number of hydrogen-bond acceptors (Lipinski definition) is 0. The summed E-state index contributed by atoms with van der Waals surface area (Å²) in [6.45, 7) is 8.85. The van der Waals surface area contributed by atoms with Gasteiger partial charge in [-0.2, -0.15) is 0 Å². The second kappa shape index (κ2) is 7.92. The Kier molecular flexibility index (Phi) is 7.50. The molecule has 0 aliphatic rings. The first kappa shape index (κ1) is 12.3. The van der Waals surface area contributed by atoms with Crippen molar-refractivity contribution in [2.45, 2.75) is 47.0 Å². The van der Waals surface area contributed by atoms with Crippen molar-refractivity contribution in [1.29, 1.82) is 0 Å². The maximum absolute atomic E-state index is 3.03. The van der Waals surface area contributed by atoms with Gasteiger partial charge in [-0.15, -0.1) is 0 Å². The van der Waals surface area contributed by atoms with Gasteiger partial charge in [0.1, 0.15) is 0 Å². The summed E-state index contributed by atoms with van der Waals surface area (Å²) in [5, 5.41) is 0. The van der Waals surface area contributed by atoms with Gasteiger partial charge in [0.25, 0.3) is 0 Å². The minimum Gasteiger partial charge on any atom is -0.0753 e. The molecule has 0 aromatic carbocycles. The zero-order chi connectivity index (χ0) is 10.1. The summed E-state index contributed by atoms with van der Waals surface area (Å²) in [4.78, 5) is 0. The van der Waals surface area contributed by atoms with Crippen LogP contribution in [0, 0.1) is 11.8 Å². The standard InChI is InChI=1S/C13H22/c1-5-7-8-9-10-13(4)11-12(3)6-2/h5,9,12-13H,6,10-11H2,1-4H3. The van der Waals surface area contributed by atoms with E-state index in [0.29, 0.717) is 0 Å². The molecule has 2 unspecified atom stereocenters. The van der Waals surface area contributed by atoms with Crippen molar-refractivity contribution in [3.8, 4) is 0 Å². The fraction of sp³-hybridized carbons (Fsp3) is 0.692. The normalized spacial score (nSPS) is 13.8. The Labute approximate surface area is 83.0 Å². The van der Waals surface area contributed by atoms with E-state index in [0.717, 1.165) is 18.3 Å². The second-order valence-electron chi connectivity index (χ2n) is 3.87. The van der Waals surface area contributed by atoms with Crippen molar-refractivity contribution in [2.24, 2.45) is 11.8 Å². The van der Waals surface area contributed by atoms with Crippen molar-refractivity contribution < 1.29 is 0 Å². The van der Waals surface area contributed by atoms with E-state index in [1.807, 2.05) is 13.0 Å². The molecule has 2 atom stereocenters. The predicted molar refractivity (Wildman–Crippen MR) is 59.7 cm³/mol. The molecule has 0 nitrogen and oxygen atoms in total. The van der Waals surface area contributed by atoms with Gasteiger partial charge in [0.15, 0.2) is 0 Å². The van der Waals surface area contributed by atoms with E-state index >= 15 is 0 Å². The lowest BCUT2D eigenvalue weighted by atomic mass is 9.93. The maximum atomic E-state index is 3.03. The van der Waals surface area contributed by atoms with Gasteiger partial charge in [0, 0.05) is 0 Å². The molecule has 0 aliphatic heterocycles. The molecule has 0 fully saturated rings. The summed E-state index contributed by atoms with van der Waals surface area (Å²) in [6.07, 6.45) is 7.72. The highest BCUT2D eigenvalue weighted by molar-refractivity contribution is 4.85. The quantitative estimate of drug-likeness (QED) is 0.549. The SMILES string of the molecule is CC=C=C=CCC(C)CC(C)CC. The number of allylic oxidation sites excluding steroid dienone is 2. The molecule has 0 aliphatic carbocycles. The zero-order valence-electron chi connectivity index (χ0n) is 9.43. The van der Waals surface area contributed by atoms with Crippen LogP contribution >= 0.6 is 0 Å². The minimum absolute atomic E-state index is 0.779. The Morgan fingerprint density at radius 2 is 1.85 bits per heavy atom. The summed E-state index contributed by atoms with van der Waals surface area (Å²) in [5.74, 6) is 1.63. The first-order valence-corrected chi connectivity index (χ1v) is 5.31. The van der Waals surface area contributed by atoms with E-state index in [4.69, 9.17) is 0 Å². The molecule has 0 aromatic rings. The molecule has 0 rings (SSSR count). The first-order chi connectivity index (χ1) is 6.20. The molecule has 74 valence electrons. The third-order valence-electron chi connectivity index (χ3n) is 2.35. The highest BCUT2D eigenvalue weighted by atomic mass is 14.1. The van der Waals surface area contributed by atoms with Gasteiger partial charge in [-0.05, 0) is 43.8 Å². The van der Waals surface area contributed by atoms with E-state index in [-0.39, 0.29) is 0 Å². The van der Waals surface area contributed by atoms with Crippen LogP contribution in [0.5, 0.6) is 0 Å². The zero-order valence-corrected chi connectivity index (χ0v) is 9.43. The fourth-order valence-corrected chi connectivity index (χ4v) is 1.35. The van der Waals surface area contributed by atoms with Crippen LogP contribution in [0.2, 0.25) is 0 Å². The van der Waals surface area contributed by atoms with Crippen LogP contribution in [0.15, 0.2) is 23.6 Å². The highest BCUT2D eigenvalue weighted by Crippen LogP contribution is 2.17. The molecular weight excluding hydrogens is 156 g/mol. The maximum Gasteiger partial charge on any atom is -0.0242 e. The van der Waals surface area contributed by atoms with Gasteiger partial charge in [-0.1, -0.05) is 38.7 Å². The Morgan fingerprint density at radius 3 is 2.38 bits per heavy atom. The average molecular weight is 178 g/mol. The summed E-state index contributed by atoms with van der Waals surface area (Å²) >= 11 is 0. The Morgan fingerprint density at radius 1 is 1.15 bits per heavy atom. The number of hydrogen-bond donors (Lipinski definition) is 0. The molecule has 0 spiro atoms. The van der Waals surface area contributed by atoms with Crippen LogP contribution in [-0.4, -0.2) is 0 Å². The predicted octanol–water partition coefficient (Wildman–Crippen LogP) is 4.34. The van der Waals surface area contributed by atoms with Gasteiger partial charge >= 0.3 is 0 Å². The third kappa shape index (κ3) is 7.65. The topological polar surface area (TPSA) is 0 Å². The van der Waals surface area contributed by atoms with E-state index in [1.54, 1.807) is 0 Å². The molecule has 0 N–H and O–H groups in total. The van der Waals surface area contributed by atoms with E-state index < -0.39 is 0 Å². The van der Waals surface area contributed by atoms with Crippen LogP contribution in [-0.2, 0) is 0 Å². The van der Waals surface area contributed by atoms with Gasteiger partial charge in [0.2, 0.25) is 0 Å². The summed E-state index contributed by atoms with van der Waals surface area (Å²) in [5.41, 5.74) is 5.97. The largest absolute Gasteiger partial charge is 0.0753 e. The molecule has 0 saturated heterocycles. The molecule has 0 radical (unpaired) electrons. The van der Waals surface area contributed by atoms with Gasteiger partial charge in [-0.3, -0.25) is 0 Å². The third-order valence-corrected chi connectivity index (χ3v) is 2.35. The van der Waals surface area contributed by atoms with Crippen LogP contribution in [0.4, 0.5) is 0 Å². The second-order valence-corrected chi connectivity index (χ2v) is 3.87. The van der Waals surface area contributed by atoms with Crippen LogP contribution in [0.3, 0.4) is 0 Å². The lowest BCUT2D eigenvalue weighted by Crippen LogP contribution is -2.00. The van der Waals surface area contributed by atoms with Gasteiger partial charge < -0.3 is 0 Å². The molecule has 13 heavy (non-hydrogen) atoms. The lowest BCUT2D eigenvalue weighted by molar-refractivity contribution is 0.408. The van der Waals surface area contributed by atoms with Gasteiger partial charge in [0.05, 0.1) is 0 Å². The average Bonchev–Trinajstić information content (AvgIpc) is 2.12. The monoisotopic (exact) mass is 178 g/mol. The molecule has 0 bridgehead atoms. The molecule has 0 aromatic heterocycles. The molecule has 0 amide bonds. The molecular formula is C13H22. The smallest absolute Gasteiger partial charge is 0.0242 e. The van der Waals surface area contributed by atoms with E-state index in [2.05, 4.69) is 38.3 Å². The summed E-state index contributed by atoms with van der Waals surface area (Å²) in [7, 11) is 0. The molecule has 0 heteroatoms. The van der Waals surface area contributed by atoms with Crippen LogP contribution < -0.4 is 0 Å². The van der Waals surface area contributed by atoms with Crippen LogP contribution in [0.25, 0.3) is 0 Å². The van der Waals surface area contributed by atoms with E-state index in [1.165, 1.54) is 12.8 Å². The first-order valence-electron chi connectivity index (χ1n) is 5.31. The highest BCUT2D eigenvalue weighted by Gasteiger charge is 2.04. The van der Waals surface area contributed by atoms with Crippen molar-refractivity contribution in [3.63, 3.8) is 0 Å². The fourth-order valence-electron chi connectivity index (χ4n) is 1.35. The van der Waals surface area contributed by atoms with E-state index in [9.17, 15) is 0 Å². The van der Waals surface area contributed by atoms with Crippen LogP contribution in [0.1, 0.15) is 47.0 Å². The molecule has 0 heterocycles. The van der Waals surface area contributed by atoms with Gasteiger partial charge in [-0.25, -0.2) is 0 Å². The van der Waals surface area contributed by atoms with Crippen molar-refractivity contribution >= 4 is 0 Å². The Bertz CT molecular complexity index is 200. The lowest BCUT2D eigenvalue weighted by Gasteiger charge is -2.13. The summed E-state index contributed by atoms with van der Waals surface area (Å²) < 4.78 is 0. The van der Waals surface area contributed by atoms with Crippen molar-refractivity contribution in [3.05, 3.63) is 23.6 Å². The minimum atomic E-state index is 0.779.